The molecule has 6 heteroatoms. The fourth-order valence-electron chi connectivity index (χ4n) is 2.74. The summed E-state index contributed by atoms with van der Waals surface area (Å²) in [6, 6.07) is 12.5. The van der Waals surface area contributed by atoms with Crippen molar-refractivity contribution in [2.75, 3.05) is 0 Å². The van der Waals surface area contributed by atoms with Crippen molar-refractivity contribution in [3.05, 3.63) is 70.3 Å². The summed E-state index contributed by atoms with van der Waals surface area (Å²) in [5.41, 5.74) is 0.559. The standard InChI is InChI=1S/C18H8Cl2F2N2/c19-12-8-15(20)23-18-11(12)7-14(22)17(24-18)10-5-1-3-9-4-2-6-13(21)16(9)10/h1-8H. The van der Waals surface area contributed by atoms with Gasteiger partial charge >= 0.3 is 0 Å². The largest absolute Gasteiger partial charge is 0.225 e. The van der Waals surface area contributed by atoms with Crippen molar-refractivity contribution in [2.24, 2.45) is 0 Å². The molecule has 4 aromatic rings. The molecule has 0 N–H and O–H groups in total. The van der Waals surface area contributed by atoms with Crippen molar-refractivity contribution in [1.29, 1.82) is 0 Å². The van der Waals surface area contributed by atoms with Crippen LogP contribution >= 0.6 is 23.2 Å². The van der Waals surface area contributed by atoms with Gasteiger partial charge in [-0.2, -0.15) is 0 Å². The van der Waals surface area contributed by atoms with Crippen molar-refractivity contribution in [3.63, 3.8) is 0 Å². The van der Waals surface area contributed by atoms with Crippen LogP contribution in [0.3, 0.4) is 0 Å². The number of pyridine rings is 2. The van der Waals surface area contributed by atoms with Crippen LogP contribution in [0.5, 0.6) is 0 Å². The van der Waals surface area contributed by atoms with Crippen LogP contribution in [0.1, 0.15) is 0 Å². The van der Waals surface area contributed by atoms with Gasteiger partial charge in [-0.3, -0.25) is 0 Å². The van der Waals surface area contributed by atoms with Gasteiger partial charge in [0.05, 0.1) is 5.02 Å². The smallest absolute Gasteiger partial charge is 0.163 e. The number of hydrogen-bond acceptors (Lipinski definition) is 2. The predicted molar refractivity (Wildman–Crippen MR) is 92.4 cm³/mol. The quantitative estimate of drug-likeness (QED) is 0.387. The second-order valence-corrected chi connectivity index (χ2v) is 6.05. The first-order chi connectivity index (χ1) is 11.5. The highest BCUT2D eigenvalue weighted by molar-refractivity contribution is 6.37. The summed E-state index contributed by atoms with van der Waals surface area (Å²) in [5, 5.41) is 1.72. The molecule has 0 aliphatic heterocycles. The molecule has 0 saturated heterocycles. The Balaban J connectivity index is 2.09. The molecule has 0 aliphatic rings. The minimum atomic E-state index is -0.607. The lowest BCUT2D eigenvalue weighted by molar-refractivity contribution is 0.627. The monoisotopic (exact) mass is 360 g/mol. The normalized spacial score (nSPS) is 11.3. The molecule has 2 aromatic heterocycles. The van der Waals surface area contributed by atoms with E-state index in [2.05, 4.69) is 9.97 Å². The SMILES string of the molecule is Fc1cc2c(Cl)cc(Cl)nc2nc1-c1cccc2cccc(F)c12. The van der Waals surface area contributed by atoms with E-state index >= 15 is 0 Å². The number of benzene rings is 2. The van der Waals surface area contributed by atoms with Crippen LogP contribution in [0.4, 0.5) is 8.78 Å². The molecule has 0 atom stereocenters. The van der Waals surface area contributed by atoms with Crippen LogP contribution < -0.4 is 0 Å². The molecule has 0 saturated carbocycles. The fraction of sp³-hybridized carbons (Fsp3) is 0. The number of hydrogen-bond donors (Lipinski definition) is 0. The number of nitrogens with zero attached hydrogens (tertiary/aromatic N) is 2. The van der Waals surface area contributed by atoms with Crippen molar-refractivity contribution in [1.82, 2.24) is 9.97 Å². The fourth-order valence-corrected chi connectivity index (χ4v) is 3.22. The van der Waals surface area contributed by atoms with Gasteiger partial charge in [-0.05, 0) is 23.6 Å². The molecule has 0 spiro atoms. The molecule has 4 rings (SSSR count). The molecule has 2 nitrogen and oxygen atoms in total. The maximum absolute atomic E-state index is 14.6. The van der Waals surface area contributed by atoms with E-state index in [4.69, 9.17) is 23.2 Å². The molecule has 0 fully saturated rings. The molecule has 0 amide bonds. The Kier molecular flexibility index (Phi) is 3.59. The Labute approximate surface area is 145 Å². The molecule has 0 unspecified atom stereocenters. The number of aromatic nitrogens is 2. The van der Waals surface area contributed by atoms with Crippen molar-refractivity contribution < 1.29 is 8.78 Å². The predicted octanol–water partition coefficient (Wildman–Crippen LogP) is 6.04. The van der Waals surface area contributed by atoms with E-state index in [0.29, 0.717) is 21.7 Å². The zero-order valence-corrected chi connectivity index (χ0v) is 13.5. The summed E-state index contributed by atoms with van der Waals surface area (Å²) >= 11 is 12.0. The van der Waals surface area contributed by atoms with Gasteiger partial charge in [-0.15, -0.1) is 0 Å². The lowest BCUT2D eigenvalue weighted by Crippen LogP contribution is -1.95. The van der Waals surface area contributed by atoms with Crippen molar-refractivity contribution in [3.8, 4) is 11.3 Å². The summed E-state index contributed by atoms with van der Waals surface area (Å²) in [6.45, 7) is 0. The Morgan fingerprint density at radius 3 is 2.38 bits per heavy atom. The Bertz CT molecular complexity index is 1110. The van der Waals surface area contributed by atoms with E-state index in [0.717, 1.165) is 0 Å². The van der Waals surface area contributed by atoms with Crippen LogP contribution in [-0.2, 0) is 0 Å². The highest BCUT2D eigenvalue weighted by Gasteiger charge is 2.16. The van der Waals surface area contributed by atoms with E-state index in [-0.39, 0.29) is 21.5 Å². The van der Waals surface area contributed by atoms with Gasteiger partial charge in [0, 0.05) is 16.3 Å². The number of rotatable bonds is 1. The van der Waals surface area contributed by atoms with Gasteiger partial charge in [-0.1, -0.05) is 53.5 Å². The molecular weight excluding hydrogens is 353 g/mol. The van der Waals surface area contributed by atoms with E-state index in [1.54, 1.807) is 30.3 Å². The van der Waals surface area contributed by atoms with E-state index < -0.39 is 11.6 Å². The van der Waals surface area contributed by atoms with Gasteiger partial charge in [0.2, 0.25) is 0 Å². The van der Waals surface area contributed by atoms with Crippen molar-refractivity contribution >= 4 is 45.0 Å². The summed E-state index contributed by atoms with van der Waals surface area (Å²) in [4.78, 5) is 8.31. The number of fused-ring (bicyclic) bond motifs is 2. The van der Waals surface area contributed by atoms with E-state index in [1.165, 1.54) is 18.2 Å². The Hall–Kier alpha value is -2.30. The summed E-state index contributed by atoms with van der Waals surface area (Å²) in [6.07, 6.45) is 0. The van der Waals surface area contributed by atoms with Crippen LogP contribution in [0.2, 0.25) is 10.2 Å². The third-order valence-corrected chi connectivity index (χ3v) is 4.29. The van der Waals surface area contributed by atoms with Crippen molar-refractivity contribution in [2.45, 2.75) is 0 Å². The van der Waals surface area contributed by atoms with Crippen LogP contribution in [0.25, 0.3) is 33.1 Å². The molecule has 0 radical (unpaired) electrons. The van der Waals surface area contributed by atoms with E-state index in [1.807, 2.05) is 0 Å². The maximum atomic E-state index is 14.6. The summed E-state index contributed by atoms with van der Waals surface area (Å²) in [5.74, 6) is -1.05. The maximum Gasteiger partial charge on any atom is 0.163 e. The highest BCUT2D eigenvalue weighted by atomic mass is 35.5. The third kappa shape index (κ3) is 2.39. The lowest BCUT2D eigenvalue weighted by Gasteiger charge is -2.10. The topological polar surface area (TPSA) is 25.8 Å². The van der Waals surface area contributed by atoms with Gasteiger partial charge in [0.15, 0.2) is 5.65 Å². The number of halogens is 4. The highest BCUT2D eigenvalue weighted by Crippen LogP contribution is 2.34. The first-order valence-electron chi connectivity index (χ1n) is 7.04. The van der Waals surface area contributed by atoms with Crippen LogP contribution in [-0.4, -0.2) is 9.97 Å². The first kappa shape index (κ1) is 15.2. The minimum Gasteiger partial charge on any atom is -0.225 e. The van der Waals surface area contributed by atoms with Gasteiger partial charge in [-0.25, -0.2) is 18.7 Å². The summed E-state index contributed by atoms with van der Waals surface area (Å²) in [7, 11) is 0. The van der Waals surface area contributed by atoms with Gasteiger partial charge in [0.1, 0.15) is 22.5 Å². The molecule has 24 heavy (non-hydrogen) atoms. The third-order valence-electron chi connectivity index (χ3n) is 3.78. The summed E-state index contributed by atoms with van der Waals surface area (Å²) < 4.78 is 28.9. The minimum absolute atomic E-state index is 0.00373. The first-order valence-corrected chi connectivity index (χ1v) is 7.80. The Morgan fingerprint density at radius 1 is 0.833 bits per heavy atom. The Morgan fingerprint density at radius 2 is 1.58 bits per heavy atom. The lowest BCUT2D eigenvalue weighted by atomic mass is 10.0. The zero-order chi connectivity index (χ0) is 16.8. The van der Waals surface area contributed by atoms with Gasteiger partial charge < -0.3 is 0 Å². The molecule has 118 valence electrons. The molecule has 0 aliphatic carbocycles. The second-order valence-electron chi connectivity index (χ2n) is 5.26. The zero-order valence-electron chi connectivity index (χ0n) is 12.0. The molecule has 2 heterocycles. The average Bonchev–Trinajstić information content (AvgIpc) is 2.55. The van der Waals surface area contributed by atoms with Gasteiger partial charge in [0.25, 0.3) is 0 Å². The molecular formula is C18H8Cl2F2N2. The van der Waals surface area contributed by atoms with Crippen LogP contribution in [0, 0.1) is 11.6 Å². The molecule has 2 aromatic carbocycles. The average molecular weight is 361 g/mol. The van der Waals surface area contributed by atoms with E-state index in [9.17, 15) is 8.78 Å². The van der Waals surface area contributed by atoms with Crippen LogP contribution in [0.15, 0.2) is 48.5 Å². The molecule has 0 bridgehead atoms. The second kappa shape index (κ2) is 5.65.